The van der Waals surface area contributed by atoms with Crippen molar-refractivity contribution in [1.29, 1.82) is 0 Å². The molecule has 0 unspecified atom stereocenters. The van der Waals surface area contributed by atoms with Gasteiger partial charge in [0.05, 0.1) is 27.2 Å². The predicted octanol–water partition coefficient (Wildman–Crippen LogP) is 5.90. The van der Waals surface area contributed by atoms with Crippen LogP contribution in [0.1, 0.15) is 24.3 Å². The molecular weight excluding hydrogens is 433 g/mol. The third kappa shape index (κ3) is 4.81. The number of halogens is 3. The molecule has 1 amide bonds. The first kappa shape index (κ1) is 20.0. The first-order valence-corrected chi connectivity index (χ1v) is 10.2. The second-order valence-electron chi connectivity index (χ2n) is 6.68. The van der Waals surface area contributed by atoms with E-state index in [1.165, 1.54) is 6.08 Å². The lowest BCUT2D eigenvalue weighted by Gasteiger charge is -2.18. The van der Waals surface area contributed by atoms with Crippen LogP contribution in [0.25, 0.3) is 17.5 Å². The molecule has 1 fully saturated rings. The van der Waals surface area contributed by atoms with Gasteiger partial charge in [-0.1, -0.05) is 53.0 Å². The predicted molar refractivity (Wildman–Crippen MR) is 114 cm³/mol. The maximum atomic E-state index is 12.8. The van der Waals surface area contributed by atoms with Gasteiger partial charge >= 0.3 is 0 Å². The Kier molecular flexibility index (Phi) is 5.90. The van der Waals surface area contributed by atoms with E-state index < -0.39 is 0 Å². The lowest BCUT2D eigenvalue weighted by molar-refractivity contribution is -0.127. The molecule has 3 aromatic rings. The first-order valence-electron chi connectivity index (χ1n) is 9.02. The maximum absolute atomic E-state index is 12.8. The number of amides is 1. The van der Waals surface area contributed by atoms with E-state index in [0.29, 0.717) is 32.4 Å². The lowest BCUT2D eigenvalue weighted by atomic mass is 10.2. The van der Waals surface area contributed by atoms with Gasteiger partial charge in [0.2, 0.25) is 17.7 Å². The highest BCUT2D eigenvalue weighted by Gasteiger charge is 2.32. The fraction of sp³-hybridized carbons (Fsp3) is 0.190. The molecule has 0 N–H and O–H groups in total. The Morgan fingerprint density at radius 2 is 1.86 bits per heavy atom. The van der Waals surface area contributed by atoms with Crippen molar-refractivity contribution in [2.75, 3.05) is 0 Å². The Morgan fingerprint density at radius 1 is 1.07 bits per heavy atom. The van der Waals surface area contributed by atoms with Crippen LogP contribution in [0.4, 0.5) is 0 Å². The van der Waals surface area contributed by atoms with Crippen LogP contribution < -0.4 is 0 Å². The average Bonchev–Trinajstić information content (AvgIpc) is 3.45. The molecule has 0 atom stereocenters. The molecule has 29 heavy (non-hydrogen) atoms. The minimum Gasteiger partial charge on any atom is -0.419 e. The molecule has 1 saturated carbocycles. The van der Waals surface area contributed by atoms with Gasteiger partial charge in [-0.15, -0.1) is 10.2 Å². The minimum absolute atomic E-state index is 0.129. The molecule has 0 saturated heterocycles. The molecular formula is C21H16Cl3N3O2. The van der Waals surface area contributed by atoms with Gasteiger partial charge in [-0.3, -0.25) is 4.79 Å². The minimum atomic E-state index is -0.129. The van der Waals surface area contributed by atoms with Crippen molar-refractivity contribution in [2.24, 2.45) is 0 Å². The summed E-state index contributed by atoms with van der Waals surface area (Å²) in [6, 6.07) is 12.6. The van der Waals surface area contributed by atoms with Crippen LogP contribution in [0, 0.1) is 0 Å². The Labute approximate surface area is 182 Å². The highest BCUT2D eigenvalue weighted by Crippen LogP contribution is 2.30. The fourth-order valence-corrected chi connectivity index (χ4v) is 3.38. The van der Waals surface area contributed by atoms with Gasteiger partial charge in [0, 0.05) is 12.1 Å². The molecule has 148 valence electrons. The van der Waals surface area contributed by atoms with Crippen LogP contribution in [0.5, 0.6) is 0 Å². The van der Waals surface area contributed by atoms with Gasteiger partial charge in [-0.05, 0) is 48.7 Å². The van der Waals surface area contributed by atoms with E-state index in [2.05, 4.69) is 10.2 Å². The van der Waals surface area contributed by atoms with Gasteiger partial charge in [0.25, 0.3) is 0 Å². The summed E-state index contributed by atoms with van der Waals surface area (Å²) in [5.74, 6) is 0.569. The van der Waals surface area contributed by atoms with Crippen LogP contribution in [-0.4, -0.2) is 27.0 Å². The van der Waals surface area contributed by atoms with Gasteiger partial charge in [0.1, 0.15) is 0 Å². The lowest BCUT2D eigenvalue weighted by Crippen LogP contribution is -2.31. The summed E-state index contributed by atoms with van der Waals surface area (Å²) in [5, 5.41) is 9.59. The van der Waals surface area contributed by atoms with Crippen LogP contribution in [0.3, 0.4) is 0 Å². The molecule has 0 bridgehead atoms. The Balaban J connectivity index is 1.48. The largest absolute Gasteiger partial charge is 0.419 e. The normalized spacial score (nSPS) is 13.8. The quantitative estimate of drug-likeness (QED) is 0.440. The molecule has 1 heterocycles. The summed E-state index contributed by atoms with van der Waals surface area (Å²) in [4.78, 5) is 14.5. The summed E-state index contributed by atoms with van der Waals surface area (Å²) >= 11 is 18.1. The van der Waals surface area contributed by atoms with E-state index in [4.69, 9.17) is 39.2 Å². The van der Waals surface area contributed by atoms with E-state index in [9.17, 15) is 4.79 Å². The summed E-state index contributed by atoms with van der Waals surface area (Å²) in [6.45, 7) is 0.243. The Bertz CT molecular complexity index is 1080. The van der Waals surface area contributed by atoms with Crippen molar-refractivity contribution in [1.82, 2.24) is 15.1 Å². The zero-order chi connectivity index (χ0) is 20.4. The van der Waals surface area contributed by atoms with Gasteiger partial charge < -0.3 is 9.32 Å². The van der Waals surface area contributed by atoms with E-state index >= 15 is 0 Å². The van der Waals surface area contributed by atoms with Crippen LogP contribution >= 0.6 is 34.8 Å². The van der Waals surface area contributed by atoms with E-state index in [1.54, 1.807) is 35.2 Å². The fourth-order valence-electron chi connectivity index (χ4n) is 2.86. The standard InChI is InChI=1S/C21H16Cl3N3O2/c22-16-4-2-1-3-15(16)21-26-25-19(29-21)12-27(14-7-8-14)20(28)10-6-13-5-9-17(23)18(24)11-13/h1-6,9-11,14H,7-8,12H2/b10-6+. The van der Waals surface area contributed by atoms with Crippen molar-refractivity contribution in [3.63, 3.8) is 0 Å². The van der Waals surface area contributed by atoms with E-state index in [-0.39, 0.29) is 18.5 Å². The Hall–Kier alpha value is -2.34. The van der Waals surface area contributed by atoms with Crippen molar-refractivity contribution >= 4 is 46.8 Å². The summed E-state index contributed by atoms with van der Waals surface area (Å²) < 4.78 is 5.74. The number of hydrogen-bond acceptors (Lipinski definition) is 4. The van der Waals surface area contributed by atoms with Crippen molar-refractivity contribution < 1.29 is 9.21 Å². The molecule has 8 heteroatoms. The average molecular weight is 449 g/mol. The summed E-state index contributed by atoms with van der Waals surface area (Å²) in [6.07, 6.45) is 5.14. The van der Waals surface area contributed by atoms with Crippen molar-refractivity contribution in [2.45, 2.75) is 25.4 Å². The summed E-state index contributed by atoms with van der Waals surface area (Å²) in [5.41, 5.74) is 1.46. The van der Waals surface area contributed by atoms with Crippen molar-refractivity contribution in [3.05, 3.63) is 75.1 Å². The number of carbonyl (C=O) groups excluding carboxylic acids is 1. The smallest absolute Gasteiger partial charge is 0.249 e. The third-order valence-corrected chi connectivity index (χ3v) is 5.58. The molecule has 0 radical (unpaired) electrons. The summed E-state index contributed by atoms with van der Waals surface area (Å²) in [7, 11) is 0. The number of rotatable bonds is 6. The van der Waals surface area contributed by atoms with Crippen molar-refractivity contribution in [3.8, 4) is 11.5 Å². The number of aromatic nitrogens is 2. The molecule has 0 aliphatic heterocycles. The maximum Gasteiger partial charge on any atom is 0.249 e. The molecule has 1 aromatic heterocycles. The third-order valence-electron chi connectivity index (χ3n) is 4.51. The van der Waals surface area contributed by atoms with Crippen LogP contribution in [0.2, 0.25) is 15.1 Å². The zero-order valence-electron chi connectivity index (χ0n) is 15.2. The molecule has 5 nitrogen and oxygen atoms in total. The molecule has 0 spiro atoms. The van der Waals surface area contributed by atoms with Crippen LogP contribution in [-0.2, 0) is 11.3 Å². The molecule has 1 aliphatic carbocycles. The number of benzene rings is 2. The SMILES string of the molecule is O=C(/C=C/c1ccc(Cl)c(Cl)c1)N(Cc1nnc(-c2ccccc2Cl)o1)C1CC1. The first-order chi connectivity index (χ1) is 14.0. The number of nitrogens with zero attached hydrogens (tertiary/aromatic N) is 3. The van der Waals surface area contributed by atoms with Crippen LogP contribution in [0.15, 0.2) is 53.0 Å². The Morgan fingerprint density at radius 3 is 2.59 bits per heavy atom. The highest BCUT2D eigenvalue weighted by molar-refractivity contribution is 6.42. The monoisotopic (exact) mass is 447 g/mol. The van der Waals surface area contributed by atoms with Gasteiger partial charge in [-0.25, -0.2) is 0 Å². The second kappa shape index (κ2) is 8.57. The van der Waals surface area contributed by atoms with Gasteiger partial charge in [-0.2, -0.15) is 0 Å². The number of carbonyl (C=O) groups is 1. The van der Waals surface area contributed by atoms with Gasteiger partial charge in [0.15, 0.2) is 0 Å². The molecule has 1 aliphatic rings. The highest BCUT2D eigenvalue weighted by atomic mass is 35.5. The molecule has 4 rings (SSSR count). The van der Waals surface area contributed by atoms with E-state index in [0.717, 1.165) is 18.4 Å². The molecule has 2 aromatic carbocycles. The van der Waals surface area contributed by atoms with E-state index in [1.807, 2.05) is 18.2 Å². The topological polar surface area (TPSA) is 59.2 Å². The zero-order valence-corrected chi connectivity index (χ0v) is 17.5. The number of hydrogen-bond donors (Lipinski definition) is 0. The second-order valence-corrected chi connectivity index (χ2v) is 7.91.